The van der Waals surface area contributed by atoms with Crippen molar-refractivity contribution in [3.8, 4) is 0 Å². The first-order valence-electron chi connectivity index (χ1n) is 5.30. The van der Waals surface area contributed by atoms with Gasteiger partial charge in [-0.05, 0) is 6.42 Å². The van der Waals surface area contributed by atoms with Gasteiger partial charge in [0.15, 0.2) is 5.82 Å². The van der Waals surface area contributed by atoms with E-state index in [9.17, 15) is 9.59 Å². The van der Waals surface area contributed by atoms with Crippen LogP contribution in [0.15, 0.2) is 26.4 Å². The zero-order valence-electron chi connectivity index (χ0n) is 9.34. The highest BCUT2D eigenvalue weighted by molar-refractivity contribution is 4.90. The Kier molecular flexibility index (Phi) is 3.17. The minimum Gasteiger partial charge on any atom is -0.337 e. The number of aromatic amines is 1. The van der Waals surface area contributed by atoms with E-state index in [1.165, 1.54) is 16.8 Å². The molecule has 0 unspecified atom stereocenters. The first kappa shape index (κ1) is 11.3. The van der Waals surface area contributed by atoms with Crippen molar-refractivity contribution in [1.29, 1.82) is 0 Å². The Labute approximate surface area is 96.1 Å². The maximum atomic E-state index is 11.4. The Morgan fingerprint density at radius 3 is 3.00 bits per heavy atom. The van der Waals surface area contributed by atoms with Gasteiger partial charge in [-0.2, -0.15) is 4.98 Å². The number of aromatic nitrogens is 4. The maximum Gasteiger partial charge on any atom is 0.328 e. The normalized spacial score (nSPS) is 10.6. The van der Waals surface area contributed by atoms with E-state index < -0.39 is 11.2 Å². The van der Waals surface area contributed by atoms with Crippen molar-refractivity contribution in [3.05, 3.63) is 44.8 Å². The van der Waals surface area contributed by atoms with Crippen molar-refractivity contribution in [1.82, 2.24) is 19.7 Å². The topological polar surface area (TPSA) is 93.8 Å². The average Bonchev–Trinajstić information content (AvgIpc) is 2.71. The smallest absolute Gasteiger partial charge is 0.328 e. The number of aryl methyl sites for hydroxylation is 1. The molecular formula is C10H12N4O3. The summed E-state index contributed by atoms with van der Waals surface area (Å²) in [5.41, 5.74) is -0.920. The highest BCUT2D eigenvalue weighted by Gasteiger charge is 2.07. The number of hydrogen-bond donors (Lipinski definition) is 1. The molecule has 0 aliphatic rings. The van der Waals surface area contributed by atoms with E-state index in [2.05, 4.69) is 15.1 Å². The number of H-pyrrole nitrogens is 1. The van der Waals surface area contributed by atoms with E-state index in [-0.39, 0.29) is 6.54 Å². The maximum absolute atomic E-state index is 11.4. The molecule has 1 N–H and O–H groups in total. The van der Waals surface area contributed by atoms with Gasteiger partial charge >= 0.3 is 5.69 Å². The summed E-state index contributed by atoms with van der Waals surface area (Å²) in [6.07, 6.45) is 3.06. The third-order valence-electron chi connectivity index (χ3n) is 2.19. The minimum absolute atomic E-state index is 0.159. The third kappa shape index (κ3) is 2.68. The monoisotopic (exact) mass is 236 g/mol. The molecule has 0 atom stereocenters. The Morgan fingerprint density at radius 1 is 1.47 bits per heavy atom. The van der Waals surface area contributed by atoms with Crippen LogP contribution in [0.25, 0.3) is 0 Å². The summed E-state index contributed by atoms with van der Waals surface area (Å²) >= 11 is 0. The van der Waals surface area contributed by atoms with E-state index in [0.717, 1.165) is 12.8 Å². The molecule has 90 valence electrons. The molecular weight excluding hydrogens is 224 g/mol. The zero-order chi connectivity index (χ0) is 12.3. The van der Waals surface area contributed by atoms with Gasteiger partial charge in [0.25, 0.3) is 5.56 Å². The van der Waals surface area contributed by atoms with E-state index in [1.807, 2.05) is 6.92 Å². The molecule has 0 radical (unpaired) electrons. The van der Waals surface area contributed by atoms with E-state index in [0.29, 0.717) is 11.7 Å². The molecule has 0 saturated heterocycles. The van der Waals surface area contributed by atoms with Crippen molar-refractivity contribution in [2.75, 3.05) is 0 Å². The standard InChI is InChI=1S/C10H12N4O3/c1-2-3-7-11-9(17-13-7)6-14-5-4-8(15)12-10(14)16/h4-5H,2-3,6H2,1H3,(H,12,15,16). The van der Waals surface area contributed by atoms with Crippen LogP contribution in [-0.4, -0.2) is 19.7 Å². The van der Waals surface area contributed by atoms with Crippen LogP contribution in [0.2, 0.25) is 0 Å². The number of hydrogen-bond acceptors (Lipinski definition) is 5. The van der Waals surface area contributed by atoms with Crippen LogP contribution in [0.3, 0.4) is 0 Å². The summed E-state index contributed by atoms with van der Waals surface area (Å²) in [5.74, 6) is 0.975. The summed E-state index contributed by atoms with van der Waals surface area (Å²) in [4.78, 5) is 28.5. The zero-order valence-corrected chi connectivity index (χ0v) is 9.34. The minimum atomic E-state index is -0.493. The molecule has 0 aliphatic carbocycles. The molecule has 7 nitrogen and oxygen atoms in total. The van der Waals surface area contributed by atoms with Crippen LogP contribution < -0.4 is 11.2 Å². The van der Waals surface area contributed by atoms with Gasteiger partial charge < -0.3 is 4.52 Å². The lowest BCUT2D eigenvalue weighted by Crippen LogP contribution is -2.28. The Hall–Kier alpha value is -2.18. The molecule has 0 amide bonds. The number of nitrogens with one attached hydrogen (secondary N) is 1. The lowest BCUT2D eigenvalue weighted by Gasteiger charge is -1.98. The van der Waals surface area contributed by atoms with E-state index in [4.69, 9.17) is 4.52 Å². The van der Waals surface area contributed by atoms with Gasteiger partial charge in [-0.15, -0.1) is 0 Å². The van der Waals surface area contributed by atoms with Gasteiger partial charge in [-0.3, -0.25) is 14.3 Å². The lowest BCUT2D eigenvalue weighted by atomic mass is 10.3. The first-order chi connectivity index (χ1) is 8.19. The molecule has 17 heavy (non-hydrogen) atoms. The van der Waals surface area contributed by atoms with Crippen molar-refractivity contribution in [2.24, 2.45) is 0 Å². The van der Waals surface area contributed by atoms with Crippen LogP contribution in [-0.2, 0) is 13.0 Å². The molecule has 0 aromatic carbocycles. The fraction of sp³-hybridized carbons (Fsp3) is 0.400. The highest BCUT2D eigenvalue weighted by atomic mass is 16.5. The fourth-order valence-corrected chi connectivity index (χ4v) is 1.39. The van der Waals surface area contributed by atoms with Gasteiger partial charge in [-0.1, -0.05) is 12.1 Å². The molecule has 0 bridgehead atoms. The molecule has 0 saturated carbocycles. The summed E-state index contributed by atoms with van der Waals surface area (Å²) in [7, 11) is 0. The van der Waals surface area contributed by atoms with Crippen LogP contribution in [0.4, 0.5) is 0 Å². The second kappa shape index (κ2) is 4.77. The first-order valence-corrected chi connectivity index (χ1v) is 5.30. The largest absolute Gasteiger partial charge is 0.337 e. The van der Waals surface area contributed by atoms with Gasteiger partial charge in [-0.25, -0.2) is 4.79 Å². The SMILES string of the molecule is CCCc1noc(Cn2ccc(=O)[nH]c2=O)n1. The molecule has 7 heteroatoms. The number of nitrogens with zero attached hydrogens (tertiary/aromatic N) is 3. The second-order valence-electron chi connectivity index (χ2n) is 3.59. The van der Waals surface area contributed by atoms with Crippen LogP contribution in [0, 0.1) is 0 Å². The van der Waals surface area contributed by atoms with E-state index >= 15 is 0 Å². The summed E-state index contributed by atoms with van der Waals surface area (Å²) in [6.45, 7) is 2.18. The van der Waals surface area contributed by atoms with Gasteiger partial charge in [0.1, 0.15) is 6.54 Å². The molecule has 0 spiro atoms. The summed E-state index contributed by atoms with van der Waals surface area (Å²) < 4.78 is 6.29. The van der Waals surface area contributed by atoms with Crippen molar-refractivity contribution in [2.45, 2.75) is 26.3 Å². The second-order valence-corrected chi connectivity index (χ2v) is 3.59. The highest BCUT2D eigenvalue weighted by Crippen LogP contribution is 2.00. The summed E-state index contributed by atoms with van der Waals surface area (Å²) in [6, 6.07) is 1.27. The van der Waals surface area contributed by atoms with Crippen LogP contribution in [0.5, 0.6) is 0 Å². The fourth-order valence-electron chi connectivity index (χ4n) is 1.39. The van der Waals surface area contributed by atoms with Crippen LogP contribution in [0.1, 0.15) is 25.1 Å². The van der Waals surface area contributed by atoms with Gasteiger partial charge in [0.2, 0.25) is 5.89 Å². The molecule has 0 fully saturated rings. The predicted molar refractivity (Wildman–Crippen MR) is 58.7 cm³/mol. The molecule has 2 heterocycles. The van der Waals surface area contributed by atoms with Crippen molar-refractivity contribution in [3.63, 3.8) is 0 Å². The van der Waals surface area contributed by atoms with Crippen molar-refractivity contribution < 1.29 is 4.52 Å². The predicted octanol–water partition coefficient (Wildman–Crippen LogP) is -0.0796. The number of rotatable bonds is 4. The Balaban J connectivity index is 2.19. The molecule has 2 aromatic rings. The molecule has 2 rings (SSSR count). The quantitative estimate of drug-likeness (QED) is 0.801. The third-order valence-corrected chi connectivity index (χ3v) is 2.19. The summed E-state index contributed by atoms with van der Waals surface area (Å²) in [5, 5.41) is 3.78. The van der Waals surface area contributed by atoms with E-state index in [1.54, 1.807) is 0 Å². The van der Waals surface area contributed by atoms with Gasteiger partial charge in [0.05, 0.1) is 0 Å². The Bertz CT molecular complexity index is 610. The van der Waals surface area contributed by atoms with Crippen molar-refractivity contribution >= 4 is 0 Å². The molecule has 2 aromatic heterocycles. The molecule has 0 aliphatic heterocycles. The Morgan fingerprint density at radius 2 is 2.29 bits per heavy atom. The lowest BCUT2D eigenvalue weighted by molar-refractivity contribution is 0.363. The van der Waals surface area contributed by atoms with Gasteiger partial charge in [0, 0.05) is 18.7 Å². The average molecular weight is 236 g/mol. The van der Waals surface area contributed by atoms with Crippen LogP contribution >= 0.6 is 0 Å².